The van der Waals surface area contributed by atoms with Crippen LogP contribution in [0.5, 0.6) is 0 Å². The van der Waals surface area contributed by atoms with Gasteiger partial charge in [-0.2, -0.15) is 0 Å². The van der Waals surface area contributed by atoms with Gasteiger partial charge < -0.3 is 0 Å². The van der Waals surface area contributed by atoms with E-state index in [1.807, 2.05) is 25.1 Å². The molecule has 2 aromatic rings. The molecule has 0 aliphatic heterocycles. The molecule has 23 heavy (non-hydrogen) atoms. The normalized spacial score (nSPS) is 11.4. The first-order chi connectivity index (χ1) is 11.0. The van der Waals surface area contributed by atoms with Gasteiger partial charge in [0.1, 0.15) is 5.82 Å². The van der Waals surface area contributed by atoms with E-state index < -0.39 is 10.0 Å². The standard InChI is InChI=1S/C18H24N2O2S/c1-3-4-5-6-7-16-8-10-17(11-9-16)23(21,22)20-18-14-15(2)12-13-19-18/h8-14H,3-7H2,1-2H3,(H,19,20). The van der Waals surface area contributed by atoms with Gasteiger partial charge in [-0.15, -0.1) is 0 Å². The van der Waals surface area contributed by atoms with E-state index >= 15 is 0 Å². The van der Waals surface area contributed by atoms with Gasteiger partial charge in [0.25, 0.3) is 10.0 Å². The first-order valence-electron chi connectivity index (χ1n) is 8.05. The van der Waals surface area contributed by atoms with E-state index in [0.29, 0.717) is 5.82 Å². The lowest BCUT2D eigenvalue weighted by Crippen LogP contribution is -2.14. The van der Waals surface area contributed by atoms with Gasteiger partial charge in [0.15, 0.2) is 0 Å². The number of hydrogen-bond acceptors (Lipinski definition) is 3. The number of sulfonamides is 1. The Labute approximate surface area is 139 Å². The van der Waals surface area contributed by atoms with Crippen molar-refractivity contribution in [1.29, 1.82) is 0 Å². The van der Waals surface area contributed by atoms with Gasteiger partial charge >= 0.3 is 0 Å². The Bertz CT molecular complexity index is 725. The lowest BCUT2D eigenvalue weighted by molar-refractivity contribution is 0.601. The molecule has 0 fully saturated rings. The molecule has 5 heteroatoms. The third kappa shape index (κ3) is 5.36. The van der Waals surface area contributed by atoms with E-state index in [1.165, 1.54) is 24.8 Å². The second kappa shape index (κ2) is 8.11. The summed E-state index contributed by atoms with van der Waals surface area (Å²) < 4.78 is 27.3. The molecule has 0 saturated carbocycles. The zero-order valence-electron chi connectivity index (χ0n) is 13.7. The van der Waals surface area contributed by atoms with Crippen LogP contribution in [0.2, 0.25) is 0 Å². The van der Waals surface area contributed by atoms with Gasteiger partial charge in [0.2, 0.25) is 0 Å². The number of anilines is 1. The molecule has 4 nitrogen and oxygen atoms in total. The molecule has 1 N–H and O–H groups in total. The lowest BCUT2D eigenvalue weighted by Gasteiger charge is -2.08. The van der Waals surface area contributed by atoms with Crippen LogP contribution >= 0.6 is 0 Å². The van der Waals surface area contributed by atoms with Crippen molar-refractivity contribution in [2.45, 2.75) is 50.8 Å². The van der Waals surface area contributed by atoms with Gasteiger partial charge in [-0.05, 0) is 55.2 Å². The van der Waals surface area contributed by atoms with E-state index in [0.717, 1.165) is 18.4 Å². The second-order valence-corrected chi connectivity index (χ2v) is 7.46. The highest BCUT2D eigenvalue weighted by Gasteiger charge is 2.14. The summed E-state index contributed by atoms with van der Waals surface area (Å²) in [5, 5.41) is 0. The maximum Gasteiger partial charge on any atom is 0.263 e. The number of nitrogens with one attached hydrogen (secondary N) is 1. The summed E-state index contributed by atoms with van der Waals surface area (Å²) in [4.78, 5) is 4.30. The largest absolute Gasteiger partial charge is 0.263 e. The van der Waals surface area contributed by atoms with E-state index in [1.54, 1.807) is 24.4 Å². The highest BCUT2D eigenvalue weighted by atomic mass is 32.2. The Morgan fingerprint density at radius 3 is 2.43 bits per heavy atom. The van der Waals surface area contributed by atoms with Crippen LogP contribution in [0.4, 0.5) is 5.82 Å². The Morgan fingerprint density at radius 1 is 1.04 bits per heavy atom. The number of benzene rings is 1. The summed E-state index contributed by atoms with van der Waals surface area (Å²) in [5.41, 5.74) is 2.13. The zero-order valence-corrected chi connectivity index (χ0v) is 14.6. The number of pyridine rings is 1. The highest BCUT2D eigenvalue weighted by molar-refractivity contribution is 7.92. The van der Waals surface area contributed by atoms with Crippen molar-refractivity contribution in [3.05, 3.63) is 53.7 Å². The molecule has 124 valence electrons. The average molecular weight is 332 g/mol. The van der Waals surface area contributed by atoms with E-state index in [2.05, 4.69) is 16.6 Å². The van der Waals surface area contributed by atoms with Crippen LogP contribution in [0.3, 0.4) is 0 Å². The third-order valence-corrected chi connectivity index (χ3v) is 5.08. The molecule has 0 amide bonds. The fraction of sp³-hybridized carbons (Fsp3) is 0.389. The predicted octanol–water partition coefficient (Wildman–Crippen LogP) is 4.31. The minimum Gasteiger partial charge on any atom is -0.263 e. The molecule has 1 aromatic heterocycles. The summed E-state index contributed by atoms with van der Waals surface area (Å²) >= 11 is 0. The van der Waals surface area contributed by atoms with E-state index in [9.17, 15) is 8.42 Å². The zero-order chi connectivity index (χ0) is 16.7. The Kier molecular flexibility index (Phi) is 6.16. The monoisotopic (exact) mass is 332 g/mol. The fourth-order valence-corrected chi connectivity index (χ4v) is 3.38. The minimum atomic E-state index is -3.59. The van der Waals surface area contributed by atoms with Crippen molar-refractivity contribution < 1.29 is 8.42 Å². The van der Waals surface area contributed by atoms with Gasteiger partial charge in [0, 0.05) is 6.20 Å². The van der Waals surface area contributed by atoms with Crippen LogP contribution in [-0.2, 0) is 16.4 Å². The maximum atomic E-state index is 12.4. The van der Waals surface area contributed by atoms with Crippen molar-refractivity contribution in [3.63, 3.8) is 0 Å². The SMILES string of the molecule is CCCCCCc1ccc(S(=O)(=O)Nc2cc(C)ccn2)cc1. The second-order valence-electron chi connectivity index (χ2n) is 5.78. The molecular weight excluding hydrogens is 308 g/mol. The Balaban J connectivity index is 2.02. The summed E-state index contributed by atoms with van der Waals surface area (Å²) in [6.07, 6.45) is 7.41. The number of aryl methyl sites for hydroxylation is 2. The summed E-state index contributed by atoms with van der Waals surface area (Å²) in [7, 11) is -3.59. The van der Waals surface area contributed by atoms with Crippen molar-refractivity contribution >= 4 is 15.8 Å². The molecular formula is C18H24N2O2S. The fourth-order valence-electron chi connectivity index (χ4n) is 2.38. The molecule has 0 aliphatic rings. The first-order valence-corrected chi connectivity index (χ1v) is 9.54. The summed E-state index contributed by atoms with van der Waals surface area (Å²) in [6.45, 7) is 4.09. The Hall–Kier alpha value is -1.88. The lowest BCUT2D eigenvalue weighted by atomic mass is 10.1. The first kappa shape index (κ1) is 17.5. The third-order valence-electron chi connectivity index (χ3n) is 3.71. The maximum absolute atomic E-state index is 12.4. The van der Waals surface area contributed by atoms with Crippen molar-refractivity contribution in [2.24, 2.45) is 0 Å². The van der Waals surface area contributed by atoms with Crippen LogP contribution < -0.4 is 4.72 Å². The predicted molar refractivity (Wildman–Crippen MR) is 94.1 cm³/mol. The number of aromatic nitrogens is 1. The van der Waals surface area contributed by atoms with E-state index in [4.69, 9.17) is 0 Å². The molecule has 1 heterocycles. The number of hydrogen-bond donors (Lipinski definition) is 1. The highest BCUT2D eigenvalue weighted by Crippen LogP contribution is 2.17. The topological polar surface area (TPSA) is 59.1 Å². The summed E-state index contributed by atoms with van der Waals surface area (Å²) in [6, 6.07) is 10.6. The summed E-state index contributed by atoms with van der Waals surface area (Å²) in [5.74, 6) is 0.341. The van der Waals surface area contributed by atoms with Crippen molar-refractivity contribution in [1.82, 2.24) is 4.98 Å². The van der Waals surface area contributed by atoms with Crippen LogP contribution in [-0.4, -0.2) is 13.4 Å². The minimum absolute atomic E-state index is 0.262. The van der Waals surface area contributed by atoms with Gasteiger partial charge in [-0.3, -0.25) is 4.72 Å². The Morgan fingerprint density at radius 2 is 1.78 bits per heavy atom. The average Bonchev–Trinajstić information content (AvgIpc) is 2.52. The molecule has 0 aliphatic carbocycles. The molecule has 0 spiro atoms. The van der Waals surface area contributed by atoms with Gasteiger partial charge in [0.05, 0.1) is 4.90 Å². The molecule has 2 rings (SSSR count). The quantitative estimate of drug-likeness (QED) is 0.733. The van der Waals surface area contributed by atoms with Crippen LogP contribution in [0.15, 0.2) is 47.5 Å². The number of rotatable bonds is 8. The van der Waals surface area contributed by atoms with E-state index in [-0.39, 0.29) is 4.90 Å². The molecule has 0 bridgehead atoms. The van der Waals surface area contributed by atoms with Crippen molar-refractivity contribution in [3.8, 4) is 0 Å². The van der Waals surface area contributed by atoms with Crippen LogP contribution in [0, 0.1) is 6.92 Å². The van der Waals surface area contributed by atoms with Gasteiger partial charge in [-0.25, -0.2) is 13.4 Å². The molecule has 0 saturated heterocycles. The number of nitrogens with zero attached hydrogens (tertiary/aromatic N) is 1. The van der Waals surface area contributed by atoms with Crippen LogP contribution in [0.1, 0.15) is 43.7 Å². The molecule has 0 atom stereocenters. The number of unbranched alkanes of at least 4 members (excludes halogenated alkanes) is 3. The molecule has 0 unspecified atom stereocenters. The molecule has 0 radical (unpaired) electrons. The molecule has 1 aromatic carbocycles. The van der Waals surface area contributed by atoms with Crippen LogP contribution in [0.25, 0.3) is 0 Å². The smallest absolute Gasteiger partial charge is 0.263 e. The van der Waals surface area contributed by atoms with Crippen molar-refractivity contribution in [2.75, 3.05) is 4.72 Å². The van der Waals surface area contributed by atoms with Gasteiger partial charge in [-0.1, -0.05) is 38.3 Å².